The predicted molar refractivity (Wildman–Crippen MR) is 85.4 cm³/mol. The minimum absolute atomic E-state index is 0. The van der Waals surface area contributed by atoms with Crippen LogP contribution in [0.1, 0.15) is 11.1 Å². The first-order chi connectivity index (χ1) is 9.29. The summed E-state index contributed by atoms with van der Waals surface area (Å²) in [6.07, 6.45) is 0. The molecule has 0 radical (unpaired) electrons. The maximum atomic E-state index is 5.98. The lowest BCUT2D eigenvalue weighted by molar-refractivity contribution is 0.414. The Labute approximate surface area is 130 Å². The van der Waals surface area contributed by atoms with Crippen LogP contribution in [0.3, 0.4) is 0 Å². The van der Waals surface area contributed by atoms with Crippen LogP contribution in [-0.4, -0.2) is 7.11 Å². The van der Waals surface area contributed by atoms with Gasteiger partial charge in [-0.3, -0.25) is 10.9 Å². The maximum Gasteiger partial charge on any atom is 0.137 e. The summed E-state index contributed by atoms with van der Waals surface area (Å²) in [4.78, 5) is 0. The van der Waals surface area contributed by atoms with Crippen molar-refractivity contribution < 1.29 is 4.74 Å². The number of hydrazine groups is 1. The first-order valence-electron chi connectivity index (χ1n) is 6.11. The van der Waals surface area contributed by atoms with Gasteiger partial charge in [-0.05, 0) is 23.3 Å². The quantitative estimate of drug-likeness (QED) is 0.632. The average molecular weight is 313 g/mol. The number of hydrogen-bond donors (Lipinski definition) is 2. The highest BCUT2D eigenvalue weighted by molar-refractivity contribution is 6.32. The van der Waals surface area contributed by atoms with E-state index < -0.39 is 0 Å². The summed E-state index contributed by atoms with van der Waals surface area (Å²) in [5.41, 5.74) is 8.70. The highest BCUT2D eigenvalue weighted by Gasteiger charge is 2.01. The van der Waals surface area contributed by atoms with E-state index in [2.05, 4.69) is 23.0 Å². The van der Waals surface area contributed by atoms with Crippen LogP contribution in [0.2, 0.25) is 5.02 Å². The molecular formula is C15H18Cl2N2O. The molecule has 0 fully saturated rings. The fraction of sp³-hybridized carbons (Fsp3) is 0.200. The van der Waals surface area contributed by atoms with Crippen molar-refractivity contribution in [2.75, 3.05) is 7.11 Å². The Morgan fingerprint density at radius 3 is 2.25 bits per heavy atom. The van der Waals surface area contributed by atoms with Crippen LogP contribution in [0.25, 0.3) is 0 Å². The molecular weight excluding hydrogens is 295 g/mol. The standard InChI is InChI=1S/C15H17ClN2O.ClH/c1-19-15-9-13(7-8-14(15)16)11-18-17-10-12-5-3-2-4-6-12;/h2-9,17-18H,10-11H2,1H3;1H. The second-order valence-corrected chi connectivity index (χ2v) is 4.57. The Kier molecular flexibility index (Phi) is 7.41. The molecule has 2 N–H and O–H groups in total. The molecule has 0 amide bonds. The Morgan fingerprint density at radius 1 is 0.950 bits per heavy atom. The molecule has 5 heteroatoms. The second-order valence-electron chi connectivity index (χ2n) is 4.16. The number of rotatable bonds is 6. The fourth-order valence-corrected chi connectivity index (χ4v) is 1.93. The molecule has 0 aromatic heterocycles. The molecule has 0 heterocycles. The minimum atomic E-state index is 0. The molecule has 2 aromatic carbocycles. The number of halogens is 2. The van der Waals surface area contributed by atoms with Crippen LogP contribution in [0.4, 0.5) is 0 Å². The smallest absolute Gasteiger partial charge is 0.137 e. The van der Waals surface area contributed by atoms with Crippen LogP contribution < -0.4 is 15.6 Å². The molecule has 3 nitrogen and oxygen atoms in total. The molecule has 0 saturated heterocycles. The third kappa shape index (κ3) is 5.02. The van der Waals surface area contributed by atoms with Crippen LogP contribution in [-0.2, 0) is 13.1 Å². The average Bonchev–Trinajstić information content (AvgIpc) is 2.46. The van der Waals surface area contributed by atoms with E-state index in [4.69, 9.17) is 16.3 Å². The lowest BCUT2D eigenvalue weighted by Gasteiger charge is -2.09. The van der Waals surface area contributed by atoms with E-state index in [-0.39, 0.29) is 12.4 Å². The molecule has 2 aromatic rings. The van der Waals surface area contributed by atoms with Gasteiger partial charge in [0, 0.05) is 13.1 Å². The van der Waals surface area contributed by atoms with Gasteiger partial charge in [-0.25, -0.2) is 0 Å². The van der Waals surface area contributed by atoms with Gasteiger partial charge < -0.3 is 4.74 Å². The van der Waals surface area contributed by atoms with Crippen LogP contribution in [0.5, 0.6) is 5.75 Å². The summed E-state index contributed by atoms with van der Waals surface area (Å²) in [7, 11) is 1.62. The van der Waals surface area contributed by atoms with E-state index in [9.17, 15) is 0 Å². The lowest BCUT2D eigenvalue weighted by atomic mass is 10.2. The summed E-state index contributed by atoms with van der Waals surface area (Å²) in [6.45, 7) is 1.49. The zero-order valence-electron chi connectivity index (χ0n) is 11.2. The molecule has 0 saturated carbocycles. The highest BCUT2D eigenvalue weighted by Crippen LogP contribution is 2.24. The minimum Gasteiger partial charge on any atom is -0.495 e. The molecule has 0 bridgehead atoms. The zero-order chi connectivity index (χ0) is 13.5. The van der Waals surface area contributed by atoms with E-state index in [1.807, 2.05) is 36.4 Å². The van der Waals surface area contributed by atoms with Crippen molar-refractivity contribution in [3.63, 3.8) is 0 Å². The Morgan fingerprint density at radius 2 is 1.60 bits per heavy atom. The normalized spacial score (nSPS) is 9.90. The third-order valence-electron chi connectivity index (χ3n) is 2.77. The number of methoxy groups -OCH3 is 1. The second kappa shape index (κ2) is 8.82. The monoisotopic (exact) mass is 312 g/mol. The van der Waals surface area contributed by atoms with Gasteiger partial charge in [0.25, 0.3) is 0 Å². The number of ether oxygens (including phenoxy) is 1. The largest absolute Gasteiger partial charge is 0.495 e. The summed E-state index contributed by atoms with van der Waals surface area (Å²) in [5, 5.41) is 0.628. The molecule has 108 valence electrons. The first kappa shape index (κ1) is 16.8. The van der Waals surface area contributed by atoms with Crippen molar-refractivity contribution in [2.45, 2.75) is 13.1 Å². The molecule has 2 rings (SSSR count). The van der Waals surface area contributed by atoms with Gasteiger partial charge in [0.2, 0.25) is 0 Å². The van der Waals surface area contributed by atoms with E-state index in [1.165, 1.54) is 5.56 Å². The van der Waals surface area contributed by atoms with Gasteiger partial charge in [-0.15, -0.1) is 12.4 Å². The Balaban J connectivity index is 0.00000200. The molecule has 0 aliphatic rings. The fourth-order valence-electron chi connectivity index (χ4n) is 1.74. The summed E-state index contributed by atoms with van der Waals surface area (Å²) < 4.78 is 5.18. The van der Waals surface area contributed by atoms with Crippen LogP contribution in [0, 0.1) is 0 Å². The predicted octanol–water partition coefficient (Wildman–Crippen LogP) is 3.56. The van der Waals surface area contributed by atoms with Crippen molar-refractivity contribution in [2.24, 2.45) is 0 Å². The van der Waals surface area contributed by atoms with E-state index in [1.54, 1.807) is 7.11 Å². The molecule has 0 atom stereocenters. The Bertz CT molecular complexity index is 521. The molecule has 0 unspecified atom stereocenters. The lowest BCUT2D eigenvalue weighted by Crippen LogP contribution is -2.30. The van der Waals surface area contributed by atoms with E-state index in [0.717, 1.165) is 12.1 Å². The summed E-state index contributed by atoms with van der Waals surface area (Å²) in [6, 6.07) is 16.0. The van der Waals surface area contributed by atoms with Crippen LogP contribution in [0.15, 0.2) is 48.5 Å². The van der Waals surface area contributed by atoms with Gasteiger partial charge >= 0.3 is 0 Å². The van der Waals surface area contributed by atoms with Gasteiger partial charge in [0.05, 0.1) is 12.1 Å². The zero-order valence-corrected chi connectivity index (χ0v) is 12.8. The summed E-state index contributed by atoms with van der Waals surface area (Å²) in [5.74, 6) is 0.698. The van der Waals surface area contributed by atoms with E-state index >= 15 is 0 Å². The first-order valence-corrected chi connectivity index (χ1v) is 6.49. The maximum absolute atomic E-state index is 5.98. The van der Waals surface area contributed by atoms with Crippen molar-refractivity contribution in [1.29, 1.82) is 0 Å². The molecule has 0 aliphatic carbocycles. The third-order valence-corrected chi connectivity index (χ3v) is 3.08. The Hall–Kier alpha value is -1.26. The van der Waals surface area contributed by atoms with E-state index in [0.29, 0.717) is 17.3 Å². The van der Waals surface area contributed by atoms with Crippen molar-refractivity contribution >= 4 is 24.0 Å². The number of hydrogen-bond acceptors (Lipinski definition) is 3. The van der Waals surface area contributed by atoms with Gasteiger partial charge in [-0.2, -0.15) is 0 Å². The van der Waals surface area contributed by atoms with Gasteiger partial charge in [0.15, 0.2) is 0 Å². The van der Waals surface area contributed by atoms with Crippen LogP contribution >= 0.6 is 24.0 Å². The topological polar surface area (TPSA) is 33.3 Å². The molecule has 0 aliphatic heterocycles. The number of benzene rings is 2. The van der Waals surface area contributed by atoms with Gasteiger partial charge in [0.1, 0.15) is 5.75 Å². The number of nitrogens with one attached hydrogen (secondary N) is 2. The van der Waals surface area contributed by atoms with Gasteiger partial charge in [-0.1, -0.05) is 48.0 Å². The highest BCUT2D eigenvalue weighted by atomic mass is 35.5. The summed E-state index contributed by atoms with van der Waals surface area (Å²) >= 11 is 5.98. The molecule has 20 heavy (non-hydrogen) atoms. The SMILES string of the molecule is COc1cc(CNNCc2ccccc2)ccc1Cl.Cl. The molecule has 0 spiro atoms. The van der Waals surface area contributed by atoms with Crippen molar-refractivity contribution in [1.82, 2.24) is 10.9 Å². The van der Waals surface area contributed by atoms with Crippen molar-refractivity contribution in [3.8, 4) is 5.75 Å². The van der Waals surface area contributed by atoms with Crippen molar-refractivity contribution in [3.05, 3.63) is 64.7 Å².